The van der Waals surface area contributed by atoms with Crippen LogP contribution >= 0.6 is 34.3 Å². The predicted molar refractivity (Wildman–Crippen MR) is 109 cm³/mol. The van der Waals surface area contributed by atoms with Crippen molar-refractivity contribution in [3.05, 3.63) is 57.7 Å². The lowest BCUT2D eigenvalue weighted by Gasteiger charge is -2.08. The molecule has 0 amide bonds. The molecular formula is C19H13ClN2O2S2. The fourth-order valence-electron chi connectivity index (χ4n) is 2.77. The molecule has 4 rings (SSSR count). The average Bonchev–Trinajstić information content (AvgIpc) is 3.29. The van der Waals surface area contributed by atoms with Crippen LogP contribution in [0.2, 0.25) is 5.02 Å². The van der Waals surface area contributed by atoms with Crippen LogP contribution in [0.1, 0.15) is 9.67 Å². The van der Waals surface area contributed by atoms with Gasteiger partial charge >= 0.3 is 5.97 Å². The fraction of sp³-hybridized carbons (Fsp3) is 0.0526. The summed E-state index contributed by atoms with van der Waals surface area (Å²) < 4.78 is 4.86. The molecule has 0 spiro atoms. The molecule has 0 unspecified atom stereocenters. The SMILES string of the molecule is COC(=O)c1sc2nc(-c3cccs3)cc(-c3ccc(Cl)cc3)c2c1N. The van der Waals surface area contributed by atoms with Gasteiger partial charge in [0.2, 0.25) is 0 Å². The van der Waals surface area contributed by atoms with Crippen molar-refractivity contribution >= 4 is 56.1 Å². The molecule has 130 valence electrons. The number of hydrogen-bond acceptors (Lipinski definition) is 6. The van der Waals surface area contributed by atoms with Gasteiger partial charge in [-0.2, -0.15) is 0 Å². The molecule has 0 aliphatic heterocycles. The zero-order chi connectivity index (χ0) is 18.3. The topological polar surface area (TPSA) is 65.2 Å². The Kier molecular flexibility index (Phi) is 4.40. The van der Waals surface area contributed by atoms with Crippen LogP contribution in [0.25, 0.3) is 31.9 Å². The summed E-state index contributed by atoms with van der Waals surface area (Å²) in [5, 5.41) is 3.43. The molecule has 0 saturated carbocycles. The Morgan fingerprint density at radius 3 is 2.65 bits per heavy atom. The molecule has 3 aromatic heterocycles. The van der Waals surface area contributed by atoms with Gasteiger partial charge in [0.25, 0.3) is 0 Å². The first-order chi connectivity index (χ1) is 12.6. The van der Waals surface area contributed by atoms with Gasteiger partial charge in [-0.1, -0.05) is 29.8 Å². The lowest BCUT2D eigenvalue weighted by atomic mass is 10.0. The van der Waals surface area contributed by atoms with Crippen LogP contribution in [0.3, 0.4) is 0 Å². The van der Waals surface area contributed by atoms with Crippen molar-refractivity contribution in [1.29, 1.82) is 0 Å². The first kappa shape index (κ1) is 17.0. The summed E-state index contributed by atoms with van der Waals surface area (Å²) in [4.78, 5) is 18.9. The maximum absolute atomic E-state index is 12.1. The Morgan fingerprint density at radius 2 is 2.00 bits per heavy atom. The van der Waals surface area contributed by atoms with Crippen molar-refractivity contribution in [3.63, 3.8) is 0 Å². The van der Waals surface area contributed by atoms with Crippen molar-refractivity contribution in [2.45, 2.75) is 0 Å². The van der Waals surface area contributed by atoms with Gasteiger partial charge in [0, 0.05) is 10.4 Å². The number of methoxy groups -OCH3 is 1. The summed E-state index contributed by atoms with van der Waals surface area (Å²) in [6, 6.07) is 13.5. The molecule has 7 heteroatoms. The van der Waals surface area contributed by atoms with Gasteiger partial charge < -0.3 is 10.5 Å². The van der Waals surface area contributed by atoms with Crippen LogP contribution in [-0.2, 0) is 4.74 Å². The van der Waals surface area contributed by atoms with Crippen molar-refractivity contribution in [3.8, 4) is 21.7 Å². The van der Waals surface area contributed by atoms with Crippen LogP contribution in [0, 0.1) is 0 Å². The number of fused-ring (bicyclic) bond motifs is 1. The number of anilines is 1. The first-order valence-corrected chi connectivity index (χ1v) is 9.77. The molecule has 0 radical (unpaired) electrons. The Balaban J connectivity index is 2.04. The van der Waals surface area contributed by atoms with Crippen LogP contribution in [-0.4, -0.2) is 18.1 Å². The van der Waals surface area contributed by atoms with E-state index in [2.05, 4.69) is 0 Å². The number of nitrogens with zero attached hydrogens (tertiary/aromatic N) is 1. The highest BCUT2D eigenvalue weighted by atomic mass is 35.5. The van der Waals surface area contributed by atoms with E-state index in [9.17, 15) is 4.79 Å². The van der Waals surface area contributed by atoms with Crippen LogP contribution in [0.4, 0.5) is 5.69 Å². The highest BCUT2D eigenvalue weighted by Crippen LogP contribution is 2.42. The lowest BCUT2D eigenvalue weighted by Crippen LogP contribution is -2.01. The summed E-state index contributed by atoms with van der Waals surface area (Å²) >= 11 is 8.89. The number of benzene rings is 1. The van der Waals surface area contributed by atoms with E-state index in [0.29, 0.717) is 20.4 Å². The van der Waals surface area contributed by atoms with Gasteiger partial charge in [0.05, 0.1) is 23.4 Å². The van der Waals surface area contributed by atoms with Gasteiger partial charge in [-0.25, -0.2) is 9.78 Å². The average molecular weight is 401 g/mol. The van der Waals surface area contributed by atoms with E-state index >= 15 is 0 Å². The van der Waals surface area contributed by atoms with E-state index in [1.54, 1.807) is 11.3 Å². The minimum Gasteiger partial charge on any atom is -0.465 e. The molecular weight excluding hydrogens is 388 g/mol. The van der Waals surface area contributed by atoms with Gasteiger partial charge in [0.15, 0.2) is 0 Å². The van der Waals surface area contributed by atoms with Crippen molar-refractivity contribution < 1.29 is 9.53 Å². The number of rotatable bonds is 3. The van der Waals surface area contributed by atoms with Crippen molar-refractivity contribution in [1.82, 2.24) is 4.98 Å². The normalized spacial score (nSPS) is 11.0. The molecule has 0 atom stereocenters. The number of halogens is 1. The third-order valence-electron chi connectivity index (χ3n) is 4.00. The second-order valence-corrected chi connectivity index (χ2v) is 7.94. The smallest absolute Gasteiger partial charge is 0.350 e. The number of ether oxygens (including phenoxy) is 1. The zero-order valence-electron chi connectivity index (χ0n) is 13.7. The third kappa shape index (κ3) is 2.86. The standard InChI is InChI=1S/C19H13ClN2O2S2/c1-24-19(23)17-16(21)15-12(10-4-6-11(20)7-5-10)9-13(22-18(15)26-17)14-3-2-8-25-14/h2-9H,21H2,1H3. The van der Waals surface area contributed by atoms with E-state index in [-0.39, 0.29) is 0 Å². The van der Waals surface area contributed by atoms with Gasteiger partial charge in [-0.15, -0.1) is 22.7 Å². The van der Waals surface area contributed by atoms with E-state index < -0.39 is 5.97 Å². The van der Waals surface area contributed by atoms with Crippen molar-refractivity contribution in [2.24, 2.45) is 0 Å². The monoisotopic (exact) mass is 400 g/mol. The van der Waals surface area contributed by atoms with Crippen LogP contribution < -0.4 is 5.73 Å². The first-order valence-electron chi connectivity index (χ1n) is 7.69. The van der Waals surface area contributed by atoms with E-state index in [4.69, 9.17) is 27.1 Å². The molecule has 0 saturated heterocycles. The van der Waals surface area contributed by atoms with Crippen molar-refractivity contribution in [2.75, 3.05) is 12.8 Å². The summed E-state index contributed by atoms with van der Waals surface area (Å²) in [6.07, 6.45) is 0. The summed E-state index contributed by atoms with van der Waals surface area (Å²) in [6.45, 7) is 0. The molecule has 3 heterocycles. The summed E-state index contributed by atoms with van der Waals surface area (Å²) in [5.41, 5.74) is 9.41. The van der Waals surface area contributed by atoms with E-state index in [0.717, 1.165) is 27.1 Å². The number of pyridine rings is 1. The number of esters is 1. The number of nitrogen functional groups attached to an aromatic ring is 1. The number of aromatic nitrogens is 1. The molecule has 4 nitrogen and oxygen atoms in total. The van der Waals surface area contributed by atoms with E-state index in [1.165, 1.54) is 18.4 Å². The highest BCUT2D eigenvalue weighted by Gasteiger charge is 2.22. The van der Waals surface area contributed by atoms with Gasteiger partial charge in [-0.3, -0.25) is 0 Å². The number of nitrogens with two attached hydrogens (primary N) is 1. The number of carbonyl (C=O) groups is 1. The maximum Gasteiger partial charge on any atom is 0.350 e. The molecule has 0 bridgehead atoms. The molecule has 4 aromatic rings. The maximum atomic E-state index is 12.1. The quantitative estimate of drug-likeness (QED) is 0.447. The summed E-state index contributed by atoms with van der Waals surface area (Å²) in [5.74, 6) is -0.453. The lowest BCUT2D eigenvalue weighted by molar-refractivity contribution is 0.0607. The molecule has 2 N–H and O–H groups in total. The Labute approximate surface area is 162 Å². The largest absolute Gasteiger partial charge is 0.465 e. The van der Waals surface area contributed by atoms with Crippen LogP contribution in [0.5, 0.6) is 0 Å². The van der Waals surface area contributed by atoms with Gasteiger partial charge in [-0.05, 0) is 40.8 Å². The zero-order valence-corrected chi connectivity index (χ0v) is 16.0. The molecule has 0 aliphatic rings. The summed E-state index contributed by atoms with van der Waals surface area (Å²) in [7, 11) is 1.34. The number of carbonyl (C=O) groups excluding carboxylic acids is 1. The Hall–Kier alpha value is -2.41. The van der Waals surface area contributed by atoms with Gasteiger partial charge in [0.1, 0.15) is 9.71 Å². The number of hydrogen-bond donors (Lipinski definition) is 1. The minimum absolute atomic E-state index is 0.369. The Bertz CT molecular complexity index is 1100. The predicted octanol–water partition coefficient (Wildman–Crippen LogP) is 5.71. The van der Waals surface area contributed by atoms with Crippen LogP contribution in [0.15, 0.2) is 47.8 Å². The molecule has 1 aromatic carbocycles. The second kappa shape index (κ2) is 6.72. The molecule has 0 aliphatic carbocycles. The van der Waals surface area contributed by atoms with E-state index in [1.807, 2.05) is 47.8 Å². The minimum atomic E-state index is -0.453. The Morgan fingerprint density at radius 1 is 1.23 bits per heavy atom. The second-order valence-electron chi connectivity index (χ2n) is 5.56. The highest BCUT2D eigenvalue weighted by molar-refractivity contribution is 7.21. The fourth-order valence-corrected chi connectivity index (χ4v) is 4.62. The third-order valence-corrected chi connectivity index (χ3v) is 6.22. The number of thiophene rings is 2. The molecule has 0 fully saturated rings. The molecule has 26 heavy (non-hydrogen) atoms.